The molecule has 0 heterocycles. The monoisotopic (exact) mass is 433 g/mol. The Morgan fingerprint density at radius 3 is 2.32 bits per heavy atom. The van der Waals surface area contributed by atoms with Gasteiger partial charge in [-0.05, 0) is 67.4 Å². The maximum absolute atomic E-state index is 12.4. The third-order valence-electron chi connectivity index (χ3n) is 3.99. The predicted molar refractivity (Wildman–Crippen MR) is 114 cm³/mol. The average molecular weight is 434 g/mol. The number of aliphatic imine (C=N–C) groups is 1. The van der Waals surface area contributed by atoms with Crippen molar-refractivity contribution in [1.29, 1.82) is 0 Å². The molecule has 0 radical (unpaired) electrons. The smallest absolute Gasteiger partial charge is 0.339 e. The topological polar surface area (TPSA) is 55.7 Å². The molecule has 0 spiro atoms. The van der Waals surface area contributed by atoms with Gasteiger partial charge < -0.3 is 4.18 Å². The largest absolute Gasteiger partial charge is 0.377 e. The molecule has 0 N–H and O–H groups in total. The summed E-state index contributed by atoms with van der Waals surface area (Å²) in [5, 5.41) is 0.767. The van der Waals surface area contributed by atoms with Crippen LogP contribution in [0.2, 0.25) is 10.0 Å². The van der Waals surface area contributed by atoms with Crippen molar-refractivity contribution in [2.45, 2.75) is 18.7 Å². The fourth-order valence-electron chi connectivity index (χ4n) is 2.40. The first-order chi connectivity index (χ1) is 13.2. The molecule has 0 aromatic heterocycles. The molecular weight excluding hydrogens is 417 g/mol. The minimum absolute atomic E-state index is 0.0540. The molecule has 0 aliphatic carbocycles. The van der Waals surface area contributed by atoms with Crippen molar-refractivity contribution in [3.63, 3.8) is 0 Å². The summed E-state index contributed by atoms with van der Waals surface area (Å²) in [6.07, 6.45) is 1.63. The van der Waals surface area contributed by atoms with E-state index in [1.165, 1.54) is 18.2 Å². The maximum atomic E-state index is 12.4. The van der Waals surface area contributed by atoms with Gasteiger partial charge in [0.15, 0.2) is 5.75 Å². The number of benzene rings is 3. The van der Waals surface area contributed by atoms with E-state index in [0.29, 0.717) is 10.6 Å². The molecule has 0 amide bonds. The first-order valence-corrected chi connectivity index (χ1v) is 10.5. The number of nitrogens with zero attached hydrogens (tertiary/aromatic N) is 1. The molecule has 0 bridgehead atoms. The number of hydrogen-bond donors (Lipinski definition) is 0. The van der Waals surface area contributed by atoms with E-state index in [4.69, 9.17) is 27.4 Å². The Labute approximate surface area is 174 Å². The van der Waals surface area contributed by atoms with Crippen LogP contribution in [-0.2, 0) is 10.1 Å². The van der Waals surface area contributed by atoms with Crippen LogP contribution in [0.5, 0.6) is 5.75 Å². The SMILES string of the molecule is Cc1ccc(S(=O)(=O)Oc2ccc(C=Nc3cc(Cl)ccc3C)cc2Cl)cc1. The number of hydrogen-bond acceptors (Lipinski definition) is 4. The van der Waals surface area contributed by atoms with Gasteiger partial charge in [0.2, 0.25) is 0 Å². The zero-order valence-electron chi connectivity index (χ0n) is 15.2. The molecular formula is C21H17Cl2NO3S. The number of rotatable bonds is 5. The fourth-order valence-corrected chi connectivity index (χ4v) is 3.79. The van der Waals surface area contributed by atoms with Gasteiger partial charge in [0, 0.05) is 11.2 Å². The van der Waals surface area contributed by atoms with Gasteiger partial charge in [-0.25, -0.2) is 0 Å². The molecule has 4 nitrogen and oxygen atoms in total. The Kier molecular flexibility index (Phi) is 6.08. The molecule has 3 aromatic rings. The second-order valence-electron chi connectivity index (χ2n) is 6.23. The van der Waals surface area contributed by atoms with Gasteiger partial charge in [-0.1, -0.05) is 47.0 Å². The van der Waals surface area contributed by atoms with Gasteiger partial charge in [-0.2, -0.15) is 8.42 Å². The van der Waals surface area contributed by atoms with Crippen LogP contribution in [0.25, 0.3) is 0 Å². The van der Waals surface area contributed by atoms with E-state index in [-0.39, 0.29) is 15.7 Å². The number of halogens is 2. The lowest BCUT2D eigenvalue weighted by Gasteiger charge is -2.09. The Hall–Kier alpha value is -2.34. The Morgan fingerprint density at radius 1 is 0.929 bits per heavy atom. The lowest BCUT2D eigenvalue weighted by molar-refractivity contribution is 0.486. The fraction of sp³-hybridized carbons (Fsp3) is 0.0952. The van der Waals surface area contributed by atoms with Gasteiger partial charge >= 0.3 is 10.1 Å². The highest BCUT2D eigenvalue weighted by molar-refractivity contribution is 7.87. The Bertz CT molecular complexity index is 1140. The Morgan fingerprint density at radius 2 is 1.64 bits per heavy atom. The molecule has 0 aliphatic heterocycles. The zero-order valence-corrected chi connectivity index (χ0v) is 17.5. The van der Waals surface area contributed by atoms with Crippen LogP contribution < -0.4 is 4.18 Å². The number of aryl methyl sites for hydroxylation is 2. The molecule has 0 atom stereocenters. The standard InChI is InChI=1S/C21H17Cl2NO3S/c1-14-3-8-18(9-4-14)28(25,26)27-21-10-6-16(11-19(21)23)13-24-20-12-17(22)7-5-15(20)2/h3-13H,1-2H3. The van der Waals surface area contributed by atoms with E-state index in [9.17, 15) is 8.42 Å². The molecule has 3 rings (SSSR count). The van der Waals surface area contributed by atoms with Gasteiger partial charge in [-0.15, -0.1) is 0 Å². The van der Waals surface area contributed by atoms with E-state index in [0.717, 1.165) is 16.8 Å². The quantitative estimate of drug-likeness (QED) is 0.359. The van der Waals surface area contributed by atoms with Crippen molar-refractivity contribution >= 4 is 45.2 Å². The molecule has 7 heteroatoms. The van der Waals surface area contributed by atoms with Crippen LogP contribution >= 0.6 is 23.2 Å². The molecule has 0 saturated heterocycles. The van der Waals surface area contributed by atoms with Gasteiger partial charge in [-0.3, -0.25) is 4.99 Å². The van der Waals surface area contributed by atoms with Gasteiger partial charge in [0.25, 0.3) is 0 Å². The molecule has 0 saturated carbocycles. The summed E-state index contributed by atoms with van der Waals surface area (Å²) in [7, 11) is -3.96. The highest BCUT2D eigenvalue weighted by Gasteiger charge is 2.18. The first kappa shape index (κ1) is 20.4. The summed E-state index contributed by atoms with van der Waals surface area (Å²) in [6, 6.07) is 16.6. The molecule has 144 valence electrons. The third-order valence-corrected chi connectivity index (χ3v) is 5.77. The van der Waals surface area contributed by atoms with Gasteiger partial charge in [0.05, 0.1) is 10.7 Å². The third kappa shape index (κ3) is 4.93. The first-order valence-electron chi connectivity index (χ1n) is 8.35. The minimum Gasteiger partial charge on any atom is -0.377 e. The Balaban J connectivity index is 1.81. The van der Waals surface area contributed by atoms with Crippen LogP contribution in [0.4, 0.5) is 5.69 Å². The molecule has 0 unspecified atom stereocenters. The second-order valence-corrected chi connectivity index (χ2v) is 8.62. The van der Waals surface area contributed by atoms with Crippen molar-refractivity contribution < 1.29 is 12.6 Å². The average Bonchev–Trinajstić information content (AvgIpc) is 2.65. The minimum atomic E-state index is -3.96. The second kappa shape index (κ2) is 8.35. The van der Waals surface area contributed by atoms with E-state index in [2.05, 4.69) is 4.99 Å². The lowest BCUT2D eigenvalue weighted by Crippen LogP contribution is -2.10. The van der Waals surface area contributed by atoms with Crippen molar-refractivity contribution in [2.24, 2.45) is 4.99 Å². The summed E-state index contributed by atoms with van der Waals surface area (Å²) in [6.45, 7) is 3.81. The molecule has 0 aliphatic rings. The van der Waals surface area contributed by atoms with Crippen LogP contribution in [0.15, 0.2) is 70.6 Å². The normalized spacial score (nSPS) is 11.7. The maximum Gasteiger partial charge on any atom is 0.339 e. The lowest BCUT2D eigenvalue weighted by atomic mass is 10.2. The summed E-state index contributed by atoms with van der Waals surface area (Å²) in [5.41, 5.74) is 3.38. The predicted octanol–water partition coefficient (Wildman–Crippen LogP) is 6.13. The van der Waals surface area contributed by atoms with Crippen molar-refractivity contribution in [2.75, 3.05) is 0 Å². The summed E-state index contributed by atoms with van der Waals surface area (Å²) in [4.78, 5) is 4.48. The van der Waals surface area contributed by atoms with Crippen molar-refractivity contribution in [3.8, 4) is 5.75 Å². The van der Waals surface area contributed by atoms with Gasteiger partial charge in [0.1, 0.15) is 4.90 Å². The molecule has 3 aromatic carbocycles. The highest BCUT2D eigenvalue weighted by atomic mass is 35.5. The molecule has 0 fully saturated rings. The van der Waals surface area contributed by atoms with Crippen LogP contribution in [0.3, 0.4) is 0 Å². The summed E-state index contributed by atoms with van der Waals surface area (Å²) in [5.74, 6) is 0.0540. The van der Waals surface area contributed by atoms with E-state index in [1.807, 2.05) is 19.9 Å². The highest BCUT2D eigenvalue weighted by Crippen LogP contribution is 2.29. The van der Waals surface area contributed by atoms with E-state index in [1.54, 1.807) is 42.6 Å². The van der Waals surface area contributed by atoms with Crippen molar-refractivity contribution in [3.05, 3.63) is 87.4 Å². The van der Waals surface area contributed by atoms with Crippen LogP contribution in [0.1, 0.15) is 16.7 Å². The van der Waals surface area contributed by atoms with E-state index >= 15 is 0 Å². The summed E-state index contributed by atoms with van der Waals surface area (Å²) >= 11 is 12.2. The van der Waals surface area contributed by atoms with Crippen LogP contribution in [-0.4, -0.2) is 14.6 Å². The van der Waals surface area contributed by atoms with Crippen LogP contribution in [0, 0.1) is 13.8 Å². The zero-order chi connectivity index (χ0) is 20.3. The summed E-state index contributed by atoms with van der Waals surface area (Å²) < 4.78 is 30.0. The van der Waals surface area contributed by atoms with Crippen molar-refractivity contribution in [1.82, 2.24) is 0 Å². The van der Waals surface area contributed by atoms with E-state index < -0.39 is 10.1 Å². The molecule has 28 heavy (non-hydrogen) atoms.